The van der Waals surface area contributed by atoms with Crippen LogP contribution >= 0.6 is 11.6 Å². The summed E-state index contributed by atoms with van der Waals surface area (Å²) in [5.41, 5.74) is 0. The molecule has 1 saturated heterocycles. The van der Waals surface area contributed by atoms with Crippen molar-refractivity contribution in [3.05, 3.63) is 35.4 Å². The number of nitrogens with one attached hydrogen (secondary N) is 1. The predicted octanol–water partition coefficient (Wildman–Crippen LogP) is 2.55. The Morgan fingerprint density at radius 1 is 1.39 bits per heavy atom. The van der Waals surface area contributed by atoms with E-state index in [9.17, 15) is 0 Å². The lowest BCUT2D eigenvalue weighted by atomic mass is 9.91. The van der Waals surface area contributed by atoms with Gasteiger partial charge in [0.2, 0.25) is 0 Å². The van der Waals surface area contributed by atoms with Crippen molar-refractivity contribution in [3.8, 4) is 0 Å². The predicted molar refractivity (Wildman–Crippen MR) is 89.2 cm³/mol. The van der Waals surface area contributed by atoms with E-state index >= 15 is 0 Å². The minimum Gasteiger partial charge on any atom is -0.381 e. The Labute approximate surface area is 141 Å². The zero-order valence-electron chi connectivity index (χ0n) is 13.7. The molecule has 1 aliphatic heterocycles. The summed E-state index contributed by atoms with van der Waals surface area (Å²) in [6, 6.07) is 0.198. The molecular formula is C16H24ClN5O. The van der Waals surface area contributed by atoms with E-state index in [2.05, 4.69) is 26.8 Å². The van der Waals surface area contributed by atoms with Crippen LogP contribution in [0.15, 0.2) is 18.6 Å². The van der Waals surface area contributed by atoms with Gasteiger partial charge in [-0.15, -0.1) is 0 Å². The van der Waals surface area contributed by atoms with Crippen molar-refractivity contribution < 1.29 is 4.74 Å². The lowest BCUT2D eigenvalue weighted by molar-refractivity contribution is 0.0515. The molecule has 0 bridgehead atoms. The molecule has 0 aliphatic carbocycles. The van der Waals surface area contributed by atoms with Crippen LogP contribution in [0.25, 0.3) is 0 Å². The van der Waals surface area contributed by atoms with Gasteiger partial charge in [-0.2, -0.15) is 0 Å². The summed E-state index contributed by atoms with van der Waals surface area (Å²) in [7, 11) is 1.93. The fourth-order valence-electron chi connectivity index (χ4n) is 3.17. The number of hydrogen-bond donors (Lipinski definition) is 1. The average molecular weight is 338 g/mol. The van der Waals surface area contributed by atoms with Crippen molar-refractivity contribution >= 4 is 11.6 Å². The molecule has 0 amide bonds. The fourth-order valence-corrected chi connectivity index (χ4v) is 3.32. The summed E-state index contributed by atoms with van der Waals surface area (Å²) in [4.78, 5) is 8.98. The van der Waals surface area contributed by atoms with Gasteiger partial charge >= 0.3 is 0 Å². The molecule has 1 unspecified atom stereocenters. The molecule has 126 valence electrons. The summed E-state index contributed by atoms with van der Waals surface area (Å²) in [6.45, 7) is 5.38. The first-order chi connectivity index (χ1) is 11.2. The molecular weight excluding hydrogens is 314 g/mol. The van der Waals surface area contributed by atoms with Crippen LogP contribution in [-0.4, -0.2) is 32.3 Å². The zero-order valence-corrected chi connectivity index (χ0v) is 14.5. The van der Waals surface area contributed by atoms with Gasteiger partial charge in [-0.1, -0.05) is 11.6 Å². The van der Waals surface area contributed by atoms with Crippen LogP contribution in [0, 0.1) is 5.92 Å². The molecule has 0 aromatic carbocycles. The lowest BCUT2D eigenvalue weighted by Gasteiger charge is -2.31. The Bertz CT molecular complexity index is 632. The van der Waals surface area contributed by atoms with Crippen LogP contribution < -0.4 is 5.32 Å². The van der Waals surface area contributed by atoms with E-state index < -0.39 is 0 Å². The summed E-state index contributed by atoms with van der Waals surface area (Å²) >= 11 is 6.08. The quantitative estimate of drug-likeness (QED) is 0.880. The van der Waals surface area contributed by atoms with Gasteiger partial charge in [0.25, 0.3) is 0 Å². The molecule has 1 aliphatic rings. The average Bonchev–Trinajstić information content (AvgIpc) is 3.17. The Morgan fingerprint density at radius 3 is 2.83 bits per heavy atom. The van der Waals surface area contributed by atoms with Crippen LogP contribution in [0.1, 0.15) is 37.5 Å². The van der Waals surface area contributed by atoms with Crippen molar-refractivity contribution in [2.75, 3.05) is 13.2 Å². The number of hydrogen-bond acceptors (Lipinski definition) is 4. The molecule has 2 aromatic heterocycles. The number of rotatable bonds is 6. The van der Waals surface area contributed by atoms with Crippen molar-refractivity contribution in [2.45, 2.75) is 38.9 Å². The zero-order chi connectivity index (χ0) is 16.2. The standard InChI is InChI=1S/C16H24ClN5O/c1-3-22-7-6-18-16(22)15(12-4-8-23-9-5-12)20-11-14-19-10-13(17)21(14)2/h6-7,10,12,15,20H,3-5,8-9,11H2,1-2H3. The maximum absolute atomic E-state index is 6.08. The number of aryl methyl sites for hydroxylation is 1. The van der Waals surface area contributed by atoms with Crippen LogP contribution in [0.5, 0.6) is 0 Å². The molecule has 2 aromatic rings. The molecule has 0 radical (unpaired) electrons. The van der Waals surface area contributed by atoms with Crippen molar-refractivity contribution in [1.29, 1.82) is 0 Å². The maximum Gasteiger partial charge on any atom is 0.128 e. The van der Waals surface area contributed by atoms with Crippen LogP contribution in [0.2, 0.25) is 5.15 Å². The molecule has 3 heterocycles. The summed E-state index contributed by atoms with van der Waals surface area (Å²) in [5.74, 6) is 2.55. The number of halogens is 1. The third kappa shape index (κ3) is 3.59. The second kappa shape index (κ2) is 7.47. The summed E-state index contributed by atoms with van der Waals surface area (Å²) < 4.78 is 9.63. The van der Waals surface area contributed by atoms with E-state index in [0.717, 1.165) is 44.2 Å². The van der Waals surface area contributed by atoms with Gasteiger partial charge < -0.3 is 19.2 Å². The highest BCUT2D eigenvalue weighted by Gasteiger charge is 2.28. The Hall–Kier alpha value is -1.37. The summed E-state index contributed by atoms with van der Waals surface area (Å²) in [6.07, 6.45) is 7.71. The monoisotopic (exact) mass is 337 g/mol. The first kappa shape index (κ1) is 16.5. The topological polar surface area (TPSA) is 56.9 Å². The number of nitrogens with zero attached hydrogens (tertiary/aromatic N) is 4. The molecule has 23 heavy (non-hydrogen) atoms. The Morgan fingerprint density at radius 2 is 2.17 bits per heavy atom. The van der Waals surface area contributed by atoms with E-state index in [1.807, 2.05) is 24.0 Å². The highest BCUT2D eigenvalue weighted by molar-refractivity contribution is 6.29. The largest absolute Gasteiger partial charge is 0.381 e. The molecule has 7 heteroatoms. The maximum atomic E-state index is 6.08. The molecule has 0 saturated carbocycles. The highest BCUT2D eigenvalue weighted by atomic mass is 35.5. The van der Waals surface area contributed by atoms with Gasteiger partial charge in [-0.05, 0) is 25.7 Å². The van der Waals surface area contributed by atoms with Crippen molar-refractivity contribution in [1.82, 2.24) is 24.4 Å². The number of aromatic nitrogens is 4. The normalized spacial score (nSPS) is 17.5. The second-order valence-corrected chi connectivity index (χ2v) is 6.32. The third-order valence-electron chi connectivity index (χ3n) is 4.61. The molecule has 1 atom stereocenters. The lowest BCUT2D eigenvalue weighted by Crippen LogP contribution is -2.34. The Balaban J connectivity index is 1.78. The number of ether oxygens (including phenoxy) is 1. The van der Waals surface area contributed by atoms with Crippen molar-refractivity contribution in [2.24, 2.45) is 13.0 Å². The van der Waals surface area contributed by atoms with Gasteiger partial charge in [0, 0.05) is 39.2 Å². The van der Waals surface area contributed by atoms with Crippen molar-refractivity contribution in [3.63, 3.8) is 0 Å². The third-order valence-corrected chi connectivity index (χ3v) is 4.96. The fraction of sp³-hybridized carbons (Fsp3) is 0.625. The van der Waals surface area contributed by atoms with Crippen LogP contribution in [0.3, 0.4) is 0 Å². The van der Waals surface area contributed by atoms with Crippen LogP contribution in [-0.2, 0) is 24.9 Å². The van der Waals surface area contributed by atoms with Gasteiger partial charge in [-0.3, -0.25) is 0 Å². The van der Waals surface area contributed by atoms with Gasteiger partial charge in [0.1, 0.15) is 16.8 Å². The highest BCUT2D eigenvalue weighted by Crippen LogP contribution is 2.29. The van der Waals surface area contributed by atoms with Crippen LogP contribution in [0.4, 0.5) is 0 Å². The first-order valence-electron chi connectivity index (χ1n) is 8.19. The Kier molecular flexibility index (Phi) is 5.35. The minimum atomic E-state index is 0.198. The molecule has 0 spiro atoms. The minimum absolute atomic E-state index is 0.198. The summed E-state index contributed by atoms with van der Waals surface area (Å²) in [5, 5.41) is 4.31. The molecule has 1 fully saturated rings. The van der Waals surface area contributed by atoms with Gasteiger partial charge in [0.05, 0.1) is 18.8 Å². The SMILES string of the molecule is CCn1ccnc1C(NCc1ncc(Cl)n1C)C1CCOCC1. The van der Waals surface area contributed by atoms with E-state index in [0.29, 0.717) is 17.6 Å². The molecule has 6 nitrogen and oxygen atoms in total. The van der Waals surface area contributed by atoms with Gasteiger partial charge in [-0.25, -0.2) is 9.97 Å². The second-order valence-electron chi connectivity index (χ2n) is 5.94. The number of imidazole rings is 2. The van der Waals surface area contributed by atoms with E-state index in [1.165, 1.54) is 0 Å². The first-order valence-corrected chi connectivity index (χ1v) is 8.56. The van der Waals surface area contributed by atoms with Gasteiger partial charge in [0.15, 0.2) is 0 Å². The smallest absolute Gasteiger partial charge is 0.128 e. The van der Waals surface area contributed by atoms with E-state index in [4.69, 9.17) is 16.3 Å². The molecule has 3 rings (SSSR count). The van der Waals surface area contributed by atoms with E-state index in [1.54, 1.807) is 6.20 Å². The van der Waals surface area contributed by atoms with E-state index in [-0.39, 0.29) is 6.04 Å². The molecule has 1 N–H and O–H groups in total.